The number of carbonyl (C=O) groups excluding carboxylic acids is 2. The molecule has 0 aromatic carbocycles. The zero-order chi connectivity index (χ0) is 27.0. The van der Waals surface area contributed by atoms with Gasteiger partial charge in [0.05, 0.1) is 36.7 Å². The lowest BCUT2D eigenvalue weighted by atomic mass is 9.79. The molecule has 0 aromatic rings. The Morgan fingerprint density at radius 2 is 2.08 bits per heavy atom. The Balaban J connectivity index is 1.33. The van der Waals surface area contributed by atoms with E-state index in [4.69, 9.17) is 10.5 Å². The zero-order valence-electron chi connectivity index (χ0n) is 21.8. The summed E-state index contributed by atoms with van der Waals surface area (Å²) in [5.74, 6) is -1.67. The molecule has 4 aliphatic heterocycles. The third kappa shape index (κ3) is 5.51. The standard InChI is InChI=1S/C24H38N6O6S/c1-12-19-18(13(2)31)23(33)30(19)20(24(34)35)21(12)37-16-7-17(28(4)9-16)22(32)29-6-5-15(8-29)27-11-36-10-26-14(3)25/h12-13,15-19,27,31H,5-11H2,1-4H3,(H2,25,26)(H,34,35). The van der Waals surface area contributed by atoms with Gasteiger partial charge in [-0.3, -0.25) is 19.8 Å². The first-order valence-corrected chi connectivity index (χ1v) is 13.6. The van der Waals surface area contributed by atoms with E-state index in [1.54, 1.807) is 13.8 Å². The van der Waals surface area contributed by atoms with Gasteiger partial charge >= 0.3 is 5.97 Å². The van der Waals surface area contributed by atoms with Crippen molar-refractivity contribution in [2.75, 3.05) is 40.1 Å². The summed E-state index contributed by atoms with van der Waals surface area (Å²) in [6.07, 6.45) is 0.616. The summed E-state index contributed by atoms with van der Waals surface area (Å²) in [6, 6.07) is -0.457. The van der Waals surface area contributed by atoms with Gasteiger partial charge in [-0.15, -0.1) is 11.8 Å². The molecule has 0 aromatic heterocycles. The number of β-lactam (4-membered cyclic amide) rings is 1. The number of rotatable bonds is 10. The second-order valence-electron chi connectivity index (χ2n) is 10.5. The van der Waals surface area contributed by atoms with Gasteiger partial charge in [-0.25, -0.2) is 9.79 Å². The van der Waals surface area contributed by atoms with E-state index in [0.717, 1.165) is 6.42 Å². The smallest absolute Gasteiger partial charge is 0.353 e. The molecule has 13 heteroatoms. The summed E-state index contributed by atoms with van der Waals surface area (Å²) in [7, 11) is 1.92. The number of aliphatic hydroxyl groups is 1. The molecule has 4 rings (SSSR count). The van der Waals surface area contributed by atoms with Crippen LogP contribution in [0.15, 0.2) is 15.6 Å². The van der Waals surface area contributed by atoms with Crippen LogP contribution in [-0.2, 0) is 19.1 Å². The molecule has 206 valence electrons. The van der Waals surface area contributed by atoms with Crippen LogP contribution < -0.4 is 11.1 Å². The third-order valence-corrected chi connectivity index (χ3v) is 9.27. The number of aliphatic imine (C=N–C) groups is 1. The van der Waals surface area contributed by atoms with E-state index in [-0.39, 0.29) is 53.5 Å². The van der Waals surface area contributed by atoms with Crippen molar-refractivity contribution in [1.29, 1.82) is 0 Å². The second kappa shape index (κ2) is 11.3. The molecule has 2 amide bonds. The van der Waals surface area contributed by atoms with Gasteiger partial charge in [-0.2, -0.15) is 0 Å². The van der Waals surface area contributed by atoms with Gasteiger partial charge in [0.1, 0.15) is 12.4 Å². The molecule has 0 radical (unpaired) electrons. The number of aliphatic hydroxyl groups excluding tert-OH is 1. The number of ether oxygens (including phenoxy) is 1. The molecule has 12 nitrogen and oxygen atoms in total. The number of nitrogens with zero attached hydrogens (tertiary/aromatic N) is 4. The number of nitrogens with two attached hydrogens (primary N) is 1. The minimum Gasteiger partial charge on any atom is -0.477 e. The maximum Gasteiger partial charge on any atom is 0.353 e. The first-order valence-electron chi connectivity index (χ1n) is 12.7. The van der Waals surface area contributed by atoms with Gasteiger partial charge in [0.15, 0.2) is 0 Å². The van der Waals surface area contributed by atoms with Crippen LogP contribution in [0.1, 0.15) is 33.6 Å². The van der Waals surface area contributed by atoms with Gasteiger partial charge in [0.25, 0.3) is 0 Å². The highest BCUT2D eigenvalue weighted by molar-refractivity contribution is 8.03. The maximum atomic E-state index is 13.3. The van der Waals surface area contributed by atoms with Crippen molar-refractivity contribution in [3.63, 3.8) is 0 Å². The van der Waals surface area contributed by atoms with Gasteiger partial charge in [0, 0.05) is 41.7 Å². The lowest BCUT2D eigenvalue weighted by Gasteiger charge is -2.46. The van der Waals surface area contributed by atoms with Crippen molar-refractivity contribution in [2.24, 2.45) is 22.6 Å². The molecule has 37 heavy (non-hydrogen) atoms. The van der Waals surface area contributed by atoms with Crippen LogP contribution in [0.25, 0.3) is 0 Å². The highest BCUT2D eigenvalue weighted by Gasteiger charge is 2.60. The number of likely N-dealkylation sites (tertiary alicyclic amines) is 2. The molecule has 0 spiro atoms. The quantitative estimate of drug-likeness (QED) is 0.0933. The van der Waals surface area contributed by atoms with Crippen LogP contribution in [0, 0.1) is 11.8 Å². The Labute approximate surface area is 221 Å². The van der Waals surface area contributed by atoms with Crippen LogP contribution in [-0.4, -0.2) is 118 Å². The number of hydrogen-bond acceptors (Lipinski definition) is 9. The predicted octanol–water partition coefficient (Wildman–Crippen LogP) is -0.555. The number of fused-ring (bicyclic) bond motifs is 1. The van der Waals surface area contributed by atoms with Crippen LogP contribution >= 0.6 is 11.8 Å². The highest BCUT2D eigenvalue weighted by Crippen LogP contribution is 2.52. The molecule has 3 saturated heterocycles. The van der Waals surface area contributed by atoms with E-state index in [1.165, 1.54) is 16.7 Å². The number of amidine groups is 1. The Morgan fingerprint density at radius 1 is 1.35 bits per heavy atom. The first-order chi connectivity index (χ1) is 17.5. The summed E-state index contributed by atoms with van der Waals surface area (Å²) in [6.45, 7) is 7.65. The number of carboxylic acids is 1. The minimum absolute atomic E-state index is 0.0287. The first kappa shape index (κ1) is 27.8. The van der Waals surface area contributed by atoms with Crippen LogP contribution in [0.4, 0.5) is 0 Å². The van der Waals surface area contributed by atoms with Crippen LogP contribution in [0.5, 0.6) is 0 Å². The Morgan fingerprint density at radius 3 is 2.73 bits per heavy atom. The summed E-state index contributed by atoms with van der Waals surface area (Å²) in [5.41, 5.74) is 5.52. The Kier molecular flexibility index (Phi) is 8.48. The average Bonchev–Trinajstić information content (AvgIpc) is 3.49. The number of thioether (sulfide) groups is 1. The number of nitrogens with one attached hydrogen (secondary N) is 1. The predicted molar refractivity (Wildman–Crippen MR) is 138 cm³/mol. The Hall–Kier alpha value is -2.19. The molecule has 7 atom stereocenters. The number of amides is 2. The van der Waals surface area contributed by atoms with Crippen molar-refractivity contribution >= 4 is 35.4 Å². The van der Waals surface area contributed by atoms with Gasteiger partial charge in [-0.1, -0.05) is 6.92 Å². The third-order valence-electron chi connectivity index (χ3n) is 7.78. The van der Waals surface area contributed by atoms with E-state index in [0.29, 0.717) is 43.5 Å². The van der Waals surface area contributed by atoms with Gasteiger partial charge < -0.3 is 30.5 Å². The molecule has 0 bridgehead atoms. The molecular weight excluding hydrogens is 500 g/mol. The number of likely N-dealkylation sites (N-methyl/N-ethyl adjacent to an activating group) is 1. The molecule has 4 aliphatic rings. The lowest BCUT2D eigenvalue weighted by Crippen LogP contribution is -2.63. The minimum atomic E-state index is -1.13. The highest BCUT2D eigenvalue weighted by atomic mass is 32.2. The largest absolute Gasteiger partial charge is 0.477 e. The molecule has 3 fully saturated rings. The van der Waals surface area contributed by atoms with Gasteiger partial charge in [0.2, 0.25) is 11.8 Å². The van der Waals surface area contributed by atoms with E-state index in [2.05, 4.69) is 10.3 Å². The molecule has 4 heterocycles. The number of aliphatic carboxylic acids is 1. The van der Waals surface area contributed by atoms with Crippen molar-refractivity contribution in [3.8, 4) is 0 Å². The van der Waals surface area contributed by atoms with E-state index < -0.39 is 18.0 Å². The lowest BCUT2D eigenvalue weighted by molar-refractivity contribution is -0.163. The molecular formula is C24H38N6O6S. The molecule has 0 aliphatic carbocycles. The summed E-state index contributed by atoms with van der Waals surface area (Å²) < 4.78 is 5.40. The number of carbonyl (C=O) groups is 3. The molecule has 7 unspecified atom stereocenters. The van der Waals surface area contributed by atoms with E-state index >= 15 is 0 Å². The SMILES string of the molecule is C/C(N)=N\COCNC1CCN(C(=O)C2CC(SC3=C(C(=O)O)N4C(=O)C(C(C)O)C4C3C)CN2C)C1. The van der Waals surface area contributed by atoms with Crippen LogP contribution in [0.3, 0.4) is 0 Å². The fourth-order valence-electron chi connectivity index (χ4n) is 5.89. The van der Waals surface area contributed by atoms with Crippen molar-refractivity contribution < 1.29 is 29.3 Å². The summed E-state index contributed by atoms with van der Waals surface area (Å²) >= 11 is 1.47. The normalized spacial score (nSPS) is 33.2. The summed E-state index contributed by atoms with van der Waals surface area (Å²) in [5, 5.41) is 23.3. The van der Waals surface area contributed by atoms with E-state index in [1.807, 2.05) is 23.8 Å². The molecule has 5 N–H and O–H groups in total. The van der Waals surface area contributed by atoms with Gasteiger partial charge in [-0.05, 0) is 33.7 Å². The van der Waals surface area contributed by atoms with Crippen molar-refractivity contribution in [3.05, 3.63) is 10.6 Å². The molecule has 0 saturated carbocycles. The second-order valence-corrected chi connectivity index (χ2v) is 11.8. The van der Waals surface area contributed by atoms with Crippen molar-refractivity contribution in [1.82, 2.24) is 20.0 Å². The fourth-order valence-corrected chi connectivity index (χ4v) is 7.49. The van der Waals surface area contributed by atoms with Crippen LogP contribution in [0.2, 0.25) is 0 Å². The monoisotopic (exact) mass is 538 g/mol. The topological polar surface area (TPSA) is 161 Å². The zero-order valence-corrected chi connectivity index (χ0v) is 22.6. The summed E-state index contributed by atoms with van der Waals surface area (Å²) in [4.78, 5) is 48.0. The number of hydrogen-bond donors (Lipinski definition) is 4. The fraction of sp³-hybridized carbons (Fsp3) is 0.750. The van der Waals surface area contributed by atoms with Crippen molar-refractivity contribution in [2.45, 2.75) is 63.1 Å². The number of carboxylic acid groups (broad SMARTS) is 1. The van der Waals surface area contributed by atoms with E-state index in [9.17, 15) is 24.6 Å². The maximum absolute atomic E-state index is 13.3. The average molecular weight is 539 g/mol. The Bertz CT molecular complexity index is 985.